The van der Waals surface area contributed by atoms with Crippen LogP contribution in [0.25, 0.3) is 27.8 Å². The van der Waals surface area contributed by atoms with E-state index < -0.39 is 18.2 Å². The van der Waals surface area contributed by atoms with Crippen molar-refractivity contribution in [1.82, 2.24) is 24.7 Å². The van der Waals surface area contributed by atoms with Gasteiger partial charge in [0.05, 0.1) is 17.4 Å². The molecule has 1 aromatic carbocycles. The molecule has 5 aromatic rings. The topological polar surface area (TPSA) is 107 Å². The number of carbonyl (C=O) groups is 1. The third-order valence-corrected chi connectivity index (χ3v) is 4.80. The molecule has 0 saturated heterocycles. The van der Waals surface area contributed by atoms with Gasteiger partial charge in [-0.3, -0.25) is 10.3 Å². The number of pyridine rings is 2. The standard InChI is InChI=1S/C21H13F3N6O3/c22-21(23,24)19-28-18(29-33-19)17-6-5-15(16-7-8-26-30(16)17)27-20(31)32-11-13-10-25-9-12-3-1-2-4-14(12)13/h1-10H,11H2,(H,27,31). The Balaban J connectivity index is 1.35. The second kappa shape index (κ2) is 7.89. The van der Waals surface area contributed by atoms with Gasteiger partial charge in [0.15, 0.2) is 0 Å². The second-order valence-corrected chi connectivity index (χ2v) is 6.90. The first-order valence-corrected chi connectivity index (χ1v) is 9.53. The molecule has 1 N–H and O–H groups in total. The number of aromatic nitrogens is 5. The highest BCUT2D eigenvalue weighted by atomic mass is 19.4. The summed E-state index contributed by atoms with van der Waals surface area (Å²) >= 11 is 0. The molecule has 0 radical (unpaired) electrons. The Morgan fingerprint density at radius 3 is 2.79 bits per heavy atom. The van der Waals surface area contributed by atoms with E-state index in [1.54, 1.807) is 18.5 Å². The van der Waals surface area contributed by atoms with Crippen LogP contribution in [0, 0.1) is 0 Å². The maximum absolute atomic E-state index is 12.8. The van der Waals surface area contributed by atoms with E-state index in [-0.39, 0.29) is 18.1 Å². The summed E-state index contributed by atoms with van der Waals surface area (Å²) in [6.07, 6.45) is -0.725. The molecule has 166 valence electrons. The molecular formula is C21H13F3N6O3. The number of anilines is 1. The lowest BCUT2D eigenvalue weighted by Crippen LogP contribution is -2.14. The zero-order valence-corrected chi connectivity index (χ0v) is 16.6. The summed E-state index contributed by atoms with van der Waals surface area (Å²) in [5, 5.41) is 11.9. The Morgan fingerprint density at radius 1 is 1.12 bits per heavy atom. The van der Waals surface area contributed by atoms with E-state index in [4.69, 9.17) is 4.74 Å². The summed E-state index contributed by atoms with van der Waals surface area (Å²) in [5.41, 5.74) is 1.62. The van der Waals surface area contributed by atoms with E-state index in [1.165, 1.54) is 22.8 Å². The molecule has 12 heteroatoms. The average Bonchev–Trinajstić information content (AvgIpc) is 3.48. The van der Waals surface area contributed by atoms with Crippen molar-refractivity contribution in [2.24, 2.45) is 0 Å². The largest absolute Gasteiger partial charge is 0.471 e. The van der Waals surface area contributed by atoms with Crippen molar-refractivity contribution in [2.45, 2.75) is 12.8 Å². The third kappa shape index (κ3) is 3.93. The van der Waals surface area contributed by atoms with Crippen molar-refractivity contribution in [1.29, 1.82) is 0 Å². The molecule has 1 amide bonds. The lowest BCUT2D eigenvalue weighted by atomic mass is 10.1. The van der Waals surface area contributed by atoms with E-state index in [0.717, 1.165) is 16.3 Å². The first-order chi connectivity index (χ1) is 15.9. The number of amides is 1. The zero-order valence-electron chi connectivity index (χ0n) is 16.6. The number of carbonyl (C=O) groups excluding carboxylic acids is 1. The molecule has 0 aliphatic carbocycles. The third-order valence-electron chi connectivity index (χ3n) is 4.80. The Labute approximate surface area is 182 Å². The summed E-state index contributed by atoms with van der Waals surface area (Å²) in [6, 6.07) is 12.0. The van der Waals surface area contributed by atoms with Crippen LogP contribution in [0.5, 0.6) is 0 Å². The number of hydrogen-bond acceptors (Lipinski definition) is 7. The van der Waals surface area contributed by atoms with Gasteiger partial charge in [-0.05, 0) is 23.6 Å². The predicted octanol–water partition coefficient (Wildman–Crippen LogP) is 4.70. The normalized spacial score (nSPS) is 11.7. The minimum Gasteiger partial charge on any atom is -0.444 e. The molecule has 0 fully saturated rings. The average molecular weight is 454 g/mol. The molecule has 9 nitrogen and oxygen atoms in total. The highest BCUT2D eigenvalue weighted by Gasteiger charge is 2.38. The molecule has 5 rings (SSSR count). The van der Waals surface area contributed by atoms with Gasteiger partial charge in [-0.15, -0.1) is 0 Å². The quantitative estimate of drug-likeness (QED) is 0.419. The van der Waals surface area contributed by atoms with Crippen LogP contribution < -0.4 is 5.32 Å². The van der Waals surface area contributed by atoms with Crippen molar-refractivity contribution in [3.05, 3.63) is 72.5 Å². The molecule has 0 saturated carbocycles. The van der Waals surface area contributed by atoms with Gasteiger partial charge >= 0.3 is 18.2 Å². The van der Waals surface area contributed by atoms with Crippen LogP contribution in [-0.4, -0.2) is 30.8 Å². The minimum atomic E-state index is -4.76. The van der Waals surface area contributed by atoms with Crippen molar-refractivity contribution in [2.75, 3.05) is 5.32 Å². The summed E-state index contributed by atoms with van der Waals surface area (Å²) < 4.78 is 49.2. The summed E-state index contributed by atoms with van der Waals surface area (Å²) in [5.74, 6) is -1.76. The smallest absolute Gasteiger partial charge is 0.444 e. The van der Waals surface area contributed by atoms with Crippen LogP contribution in [-0.2, 0) is 17.5 Å². The molecule has 4 aromatic heterocycles. The van der Waals surface area contributed by atoms with Gasteiger partial charge in [-0.25, -0.2) is 9.31 Å². The lowest BCUT2D eigenvalue weighted by Gasteiger charge is -2.10. The maximum atomic E-state index is 12.8. The van der Waals surface area contributed by atoms with Crippen LogP contribution in [0.3, 0.4) is 0 Å². The molecule has 0 bridgehead atoms. The van der Waals surface area contributed by atoms with Gasteiger partial charge in [0.25, 0.3) is 0 Å². The van der Waals surface area contributed by atoms with E-state index in [0.29, 0.717) is 11.2 Å². The minimum absolute atomic E-state index is 0.00308. The van der Waals surface area contributed by atoms with Crippen LogP contribution >= 0.6 is 0 Å². The van der Waals surface area contributed by atoms with Gasteiger partial charge in [-0.2, -0.15) is 23.3 Å². The summed E-state index contributed by atoms with van der Waals surface area (Å²) in [6.45, 7) is -0.00308. The number of nitrogens with zero attached hydrogens (tertiary/aromatic N) is 5. The number of rotatable bonds is 4. The van der Waals surface area contributed by atoms with Crippen LogP contribution in [0.1, 0.15) is 11.5 Å². The number of alkyl halides is 3. The van der Waals surface area contributed by atoms with Gasteiger partial charge in [0.1, 0.15) is 12.3 Å². The van der Waals surface area contributed by atoms with E-state index in [1.807, 2.05) is 24.3 Å². The number of halogens is 3. The van der Waals surface area contributed by atoms with E-state index in [2.05, 4.69) is 30.1 Å². The summed E-state index contributed by atoms with van der Waals surface area (Å²) in [4.78, 5) is 19.9. The van der Waals surface area contributed by atoms with Crippen molar-refractivity contribution < 1.29 is 27.2 Å². The Bertz CT molecular complexity index is 1470. The van der Waals surface area contributed by atoms with Crippen LogP contribution in [0.2, 0.25) is 0 Å². The number of hydrogen-bond donors (Lipinski definition) is 1. The molecule has 0 atom stereocenters. The fraction of sp³-hybridized carbons (Fsp3) is 0.0952. The highest BCUT2D eigenvalue weighted by Crippen LogP contribution is 2.30. The highest BCUT2D eigenvalue weighted by molar-refractivity contribution is 5.91. The molecule has 4 heterocycles. The zero-order chi connectivity index (χ0) is 23.0. The van der Waals surface area contributed by atoms with Crippen LogP contribution in [0.4, 0.5) is 23.7 Å². The number of fused-ring (bicyclic) bond motifs is 2. The molecule has 0 unspecified atom stereocenters. The second-order valence-electron chi connectivity index (χ2n) is 6.90. The number of nitrogens with one attached hydrogen (secondary N) is 1. The van der Waals surface area contributed by atoms with Crippen molar-refractivity contribution >= 4 is 28.1 Å². The predicted molar refractivity (Wildman–Crippen MR) is 109 cm³/mol. The fourth-order valence-electron chi connectivity index (χ4n) is 3.32. The lowest BCUT2D eigenvalue weighted by molar-refractivity contribution is -0.159. The molecule has 0 aliphatic heterocycles. The molecule has 33 heavy (non-hydrogen) atoms. The monoisotopic (exact) mass is 454 g/mol. The van der Waals surface area contributed by atoms with Crippen LogP contribution in [0.15, 0.2) is 65.6 Å². The fourth-order valence-corrected chi connectivity index (χ4v) is 3.32. The molecular weight excluding hydrogens is 441 g/mol. The SMILES string of the molecule is O=C(Nc1ccc(-c2noc(C(F)(F)F)n2)n2nccc12)OCc1cncc2ccccc12. The Kier molecular flexibility index (Phi) is 4.89. The molecule has 0 spiro atoms. The Hall–Kier alpha value is -4.48. The van der Waals surface area contributed by atoms with Crippen molar-refractivity contribution in [3.8, 4) is 11.5 Å². The summed E-state index contributed by atoms with van der Waals surface area (Å²) in [7, 11) is 0. The van der Waals surface area contributed by atoms with Gasteiger partial charge in [0.2, 0.25) is 5.82 Å². The molecule has 0 aliphatic rings. The van der Waals surface area contributed by atoms with Gasteiger partial charge in [0, 0.05) is 23.3 Å². The first kappa shape index (κ1) is 20.4. The maximum Gasteiger partial charge on any atom is 0.471 e. The van der Waals surface area contributed by atoms with Gasteiger partial charge in [-0.1, -0.05) is 29.4 Å². The van der Waals surface area contributed by atoms with Gasteiger partial charge < -0.3 is 9.26 Å². The Morgan fingerprint density at radius 2 is 1.97 bits per heavy atom. The number of benzene rings is 1. The van der Waals surface area contributed by atoms with Crippen molar-refractivity contribution in [3.63, 3.8) is 0 Å². The van der Waals surface area contributed by atoms with E-state index >= 15 is 0 Å². The number of ether oxygens (including phenoxy) is 1. The van der Waals surface area contributed by atoms with E-state index in [9.17, 15) is 18.0 Å². The first-order valence-electron chi connectivity index (χ1n) is 9.53.